The number of nitrogens with one attached hydrogen (secondary N) is 2. The van der Waals surface area contributed by atoms with E-state index in [9.17, 15) is 56.7 Å². The highest BCUT2D eigenvalue weighted by Crippen LogP contribution is 2.40. The molecule has 0 bridgehead atoms. The van der Waals surface area contributed by atoms with Crippen molar-refractivity contribution in [2.24, 2.45) is 26.2 Å². The van der Waals surface area contributed by atoms with Crippen LogP contribution >= 0.6 is 58.5 Å². The van der Waals surface area contributed by atoms with Crippen LogP contribution in [0.15, 0.2) is 131 Å². The summed E-state index contributed by atoms with van der Waals surface area (Å²) in [4.78, 5) is 33.2. The molecule has 29 nitrogen and oxygen atoms in total. The molecule has 424 valence electrons. The minimum absolute atomic E-state index is 0.0273. The average Bonchev–Trinajstić information content (AvgIpc) is 3.46. The van der Waals surface area contributed by atoms with Crippen LogP contribution in [-0.2, 0) is 40.5 Å². The molecule has 8 rings (SSSR count). The zero-order chi connectivity index (χ0) is 59.7. The minimum Gasteiger partial charge on any atom is -0.357 e. The van der Waals surface area contributed by atoms with Gasteiger partial charge in [0.1, 0.15) is 31.0 Å². The number of hydrogen-bond acceptors (Lipinski definition) is 23. The summed E-state index contributed by atoms with van der Waals surface area (Å²) < 4.78 is 138. The molecule has 2 amide bonds. The molecular weight excluding hydrogens is 1250 g/mol. The predicted molar refractivity (Wildman–Crippen MR) is 301 cm³/mol. The van der Waals surface area contributed by atoms with Gasteiger partial charge in [-0.25, -0.2) is 13.6 Å². The molecule has 0 fully saturated rings. The average molecular weight is 1290 g/mol. The number of nitrogens with zero attached hydrogens (tertiary/aromatic N) is 13. The fraction of sp³-hybridized carbons (Fsp3) is 0.0930. The lowest BCUT2D eigenvalue weighted by atomic mass is 10.1. The van der Waals surface area contributed by atoms with Gasteiger partial charge in [0.05, 0.1) is 28.4 Å². The molecule has 0 saturated heterocycles. The van der Waals surface area contributed by atoms with E-state index in [1.165, 1.54) is 62.5 Å². The van der Waals surface area contributed by atoms with Crippen LogP contribution in [0.3, 0.4) is 0 Å². The number of benzene rings is 6. The summed E-state index contributed by atoms with van der Waals surface area (Å²) >= 11 is 30.5. The predicted octanol–water partition coefficient (Wildman–Crippen LogP) is 10.5. The molecule has 0 saturated carbocycles. The maximum Gasteiger partial charge on any atom is 0.316 e. The summed E-state index contributed by atoms with van der Waals surface area (Å²) in [6.45, 7) is 3.24. The maximum absolute atomic E-state index is 12.2. The molecule has 6 aromatic carbocycles. The van der Waals surface area contributed by atoms with Crippen molar-refractivity contribution in [1.29, 1.82) is 0 Å². The Kier molecular flexibility index (Phi) is 18.1. The van der Waals surface area contributed by atoms with Crippen LogP contribution in [0.2, 0.25) is 10.6 Å². The van der Waals surface area contributed by atoms with Gasteiger partial charge in [0.15, 0.2) is 0 Å². The SMILES string of the molecule is CNc1nc(Cl)nc(N(Cl)c2ccc(N=Nc3cc(S(=O)(=O)O)c4cccc(S(=O)(=O)O)c4c3)c(C)c2)n1.Cc1cc(S(=O)(=O)O)c2cc(N=Nc3ccc(N(Cl)c4nc(Cl)nc(N(C)Cl)n4)cc3NC(N)=O)c(S(=O)(=O)O)cc2c1. The molecule has 38 heteroatoms. The lowest BCUT2D eigenvalue weighted by molar-refractivity contribution is 0.259. The van der Waals surface area contributed by atoms with Gasteiger partial charge in [0, 0.05) is 65.6 Å². The van der Waals surface area contributed by atoms with Gasteiger partial charge in [0.25, 0.3) is 52.4 Å². The van der Waals surface area contributed by atoms with E-state index in [0.29, 0.717) is 22.5 Å². The normalized spacial score (nSPS) is 12.2. The van der Waals surface area contributed by atoms with Crippen LogP contribution in [0, 0.1) is 13.8 Å². The fourth-order valence-corrected chi connectivity index (χ4v) is 10.8. The van der Waals surface area contributed by atoms with E-state index in [2.05, 4.69) is 61.0 Å². The van der Waals surface area contributed by atoms with Crippen molar-refractivity contribution in [3.8, 4) is 0 Å². The zero-order valence-electron chi connectivity index (χ0n) is 41.0. The standard InChI is InChI=1S/C22H18Cl3N9O7S2.C21H17Cl2N7O6S2/c1-10-5-11-7-18(43(39,40)41)16(9-13(11)17(6-10)42(36,37)38)32-31-14-4-3-12(8-15(14)27-20(26)35)34(25)22-29-19(23)28-21(30-22)33(2)24;1-11-8-13(30(23)21-26-19(22)25-20(24-2)27-21)6-7-16(11)29-28-12-9-15-14(18(10-12)38(34,35)36)4-3-5-17(15)37(31,32)33/h3-9H,1-2H3,(H3,26,27,35)(H,36,37,38)(H,39,40,41);3-10H,1-2H3,(H,31,32,33)(H,34,35,36)(H,24,25,26,27). The Morgan fingerprint density at radius 3 is 1.68 bits per heavy atom. The summed E-state index contributed by atoms with van der Waals surface area (Å²) in [7, 11) is -16.1. The van der Waals surface area contributed by atoms with Gasteiger partial charge in [-0.1, -0.05) is 18.2 Å². The van der Waals surface area contributed by atoms with E-state index < -0.39 is 71.8 Å². The second-order valence-electron chi connectivity index (χ2n) is 16.3. The monoisotopic (exact) mass is 1290 g/mol. The zero-order valence-corrected chi connectivity index (χ0v) is 48.1. The van der Waals surface area contributed by atoms with Gasteiger partial charge < -0.3 is 16.4 Å². The molecule has 0 spiro atoms. The van der Waals surface area contributed by atoms with Gasteiger partial charge in [-0.05, 0) is 126 Å². The Morgan fingerprint density at radius 2 is 1.10 bits per heavy atom. The van der Waals surface area contributed by atoms with Gasteiger partial charge in [-0.2, -0.15) is 73.8 Å². The molecule has 0 atom stereocenters. The molecular formula is C43H35Cl5N16O13S4. The second kappa shape index (κ2) is 24.0. The Hall–Kier alpha value is -7.38. The first-order valence-corrected chi connectivity index (χ1v) is 29.3. The molecule has 0 aliphatic rings. The number of hydrogen-bond donors (Lipinski definition) is 7. The Morgan fingerprint density at radius 1 is 0.556 bits per heavy atom. The molecule has 2 heterocycles. The highest BCUT2D eigenvalue weighted by Gasteiger charge is 2.25. The molecule has 8 N–H and O–H groups in total. The Bertz CT molecular complexity index is 4400. The number of urea groups is 1. The number of anilines is 7. The fourth-order valence-electron chi connectivity index (χ4n) is 7.18. The smallest absolute Gasteiger partial charge is 0.316 e. The molecule has 2 aromatic heterocycles. The van der Waals surface area contributed by atoms with E-state index in [0.717, 1.165) is 37.5 Å². The molecule has 81 heavy (non-hydrogen) atoms. The maximum atomic E-state index is 12.2. The second-order valence-corrected chi connectivity index (χ2v) is 23.7. The van der Waals surface area contributed by atoms with Crippen LogP contribution in [0.4, 0.5) is 68.4 Å². The van der Waals surface area contributed by atoms with Gasteiger partial charge >= 0.3 is 6.03 Å². The lowest BCUT2D eigenvalue weighted by Gasteiger charge is -2.17. The summed E-state index contributed by atoms with van der Waals surface area (Å²) in [6.07, 6.45) is 0. The first-order chi connectivity index (χ1) is 37.7. The van der Waals surface area contributed by atoms with E-state index >= 15 is 0 Å². The number of nitrogens with two attached hydrogens (primary N) is 1. The first-order valence-electron chi connectivity index (χ1n) is 21.7. The first kappa shape index (κ1) is 61.2. The molecule has 8 aromatic rings. The van der Waals surface area contributed by atoms with Gasteiger partial charge in [0.2, 0.25) is 22.5 Å². The van der Waals surface area contributed by atoms with Crippen molar-refractivity contribution >= 4 is 190 Å². The third-order valence-corrected chi connectivity index (χ3v) is 15.4. The number of azo groups is 2. The van der Waals surface area contributed by atoms with Crippen molar-refractivity contribution in [3.05, 3.63) is 113 Å². The largest absolute Gasteiger partial charge is 0.357 e. The number of aryl methyl sites for hydroxylation is 2. The summed E-state index contributed by atoms with van der Waals surface area (Å²) in [5, 5.41) is 20.4. The topological polar surface area (TPSA) is 421 Å². The van der Waals surface area contributed by atoms with E-state index in [1.54, 1.807) is 32.2 Å². The van der Waals surface area contributed by atoms with E-state index in [1.807, 2.05) is 0 Å². The minimum atomic E-state index is -4.90. The number of carbonyl (C=O) groups is 1. The van der Waals surface area contributed by atoms with Crippen molar-refractivity contribution in [1.82, 2.24) is 29.9 Å². The van der Waals surface area contributed by atoms with Crippen molar-refractivity contribution < 1.29 is 56.7 Å². The number of carbonyl (C=O) groups excluding carboxylic acids is 1. The van der Waals surface area contributed by atoms with Crippen molar-refractivity contribution in [3.63, 3.8) is 0 Å². The lowest BCUT2D eigenvalue weighted by Crippen LogP contribution is -2.19. The molecule has 0 unspecified atom stereocenters. The van der Waals surface area contributed by atoms with E-state index in [4.69, 9.17) is 64.3 Å². The van der Waals surface area contributed by atoms with E-state index in [-0.39, 0.29) is 78.7 Å². The van der Waals surface area contributed by atoms with Crippen LogP contribution in [0.5, 0.6) is 0 Å². The quantitative estimate of drug-likeness (QED) is 0.0285. The van der Waals surface area contributed by atoms with Crippen LogP contribution in [0.1, 0.15) is 11.1 Å². The Labute approximate surface area is 483 Å². The summed E-state index contributed by atoms with van der Waals surface area (Å²) in [5.41, 5.74) is 6.52. The third-order valence-electron chi connectivity index (χ3n) is 10.6. The van der Waals surface area contributed by atoms with Gasteiger partial charge in [-0.15, -0.1) is 10.2 Å². The highest BCUT2D eigenvalue weighted by molar-refractivity contribution is 7.87. The Balaban J connectivity index is 0.000000235. The summed E-state index contributed by atoms with van der Waals surface area (Å²) in [6, 6.07) is 18.2. The molecule has 0 aliphatic carbocycles. The number of aromatic nitrogens is 6. The summed E-state index contributed by atoms with van der Waals surface area (Å²) in [5.74, 6) is 0.0981. The number of halogens is 5. The van der Waals surface area contributed by atoms with Gasteiger partial charge in [-0.3, -0.25) is 22.6 Å². The third kappa shape index (κ3) is 14.8. The number of rotatable bonds is 15. The highest BCUT2D eigenvalue weighted by atomic mass is 35.5. The number of fused-ring (bicyclic) bond motifs is 2. The van der Waals surface area contributed by atoms with Crippen molar-refractivity contribution in [2.45, 2.75) is 33.4 Å². The number of amides is 2. The molecule has 0 aliphatic heterocycles. The van der Waals surface area contributed by atoms with Crippen LogP contribution in [0.25, 0.3) is 21.5 Å². The van der Waals surface area contributed by atoms with Crippen LogP contribution in [-0.4, -0.2) is 102 Å². The van der Waals surface area contributed by atoms with Crippen molar-refractivity contribution in [2.75, 3.05) is 38.0 Å². The van der Waals surface area contributed by atoms with Crippen LogP contribution < -0.4 is 29.6 Å². The number of primary amides is 1. The molecule has 0 radical (unpaired) electrons.